The fourth-order valence-corrected chi connectivity index (χ4v) is 3.48. The maximum Gasteiger partial charge on any atom is 0.124 e. The van der Waals surface area contributed by atoms with Gasteiger partial charge in [-0.15, -0.1) is 22.7 Å². The molecule has 0 saturated carbocycles. The summed E-state index contributed by atoms with van der Waals surface area (Å²) in [6, 6.07) is 12.1. The number of thiophene rings is 1. The molecule has 0 spiro atoms. The van der Waals surface area contributed by atoms with Crippen LogP contribution < -0.4 is 5.73 Å². The van der Waals surface area contributed by atoms with Gasteiger partial charge in [-0.25, -0.2) is 4.98 Å². The molecule has 0 unspecified atom stereocenters. The van der Waals surface area contributed by atoms with Crippen LogP contribution in [0.5, 0.6) is 0 Å². The maximum atomic E-state index is 5.80. The first kappa shape index (κ1) is 11.4. The molecular weight excluding hydrogens is 260 g/mol. The van der Waals surface area contributed by atoms with E-state index in [9.17, 15) is 0 Å². The van der Waals surface area contributed by atoms with Crippen molar-refractivity contribution in [3.63, 3.8) is 0 Å². The van der Waals surface area contributed by atoms with Crippen molar-refractivity contribution >= 4 is 28.4 Å². The summed E-state index contributed by atoms with van der Waals surface area (Å²) < 4.78 is 0. The zero-order valence-corrected chi connectivity index (χ0v) is 11.5. The summed E-state index contributed by atoms with van der Waals surface area (Å²) in [7, 11) is 0. The predicted octanol–water partition coefficient (Wildman–Crippen LogP) is 4.43. The number of aromatic nitrogens is 1. The Labute approximate surface area is 114 Å². The van der Waals surface area contributed by atoms with Gasteiger partial charge in [0.1, 0.15) is 5.01 Å². The summed E-state index contributed by atoms with van der Waals surface area (Å²) in [6.07, 6.45) is 0. The fraction of sp³-hybridized carbons (Fsp3) is 0.0714. The van der Waals surface area contributed by atoms with E-state index in [2.05, 4.69) is 29.4 Å². The molecule has 90 valence electrons. The Hall–Kier alpha value is -1.65. The molecule has 0 aliphatic heterocycles. The molecule has 0 bridgehead atoms. The van der Waals surface area contributed by atoms with E-state index < -0.39 is 0 Å². The molecule has 3 rings (SSSR count). The van der Waals surface area contributed by atoms with Crippen LogP contribution in [0.1, 0.15) is 4.88 Å². The van der Waals surface area contributed by atoms with Crippen LogP contribution in [0.3, 0.4) is 0 Å². The number of rotatable bonds is 2. The van der Waals surface area contributed by atoms with Gasteiger partial charge in [-0.05, 0) is 31.2 Å². The van der Waals surface area contributed by atoms with Crippen LogP contribution in [0.25, 0.3) is 21.1 Å². The standard InChI is InChI=1S/C14H12N2S2/c1-9-5-6-13(18-9)12-8-17-14(16-12)10-3-2-4-11(15)7-10/h2-8H,15H2,1H3. The van der Waals surface area contributed by atoms with Crippen LogP contribution in [0.2, 0.25) is 0 Å². The molecule has 3 aromatic rings. The Balaban J connectivity index is 1.99. The number of benzene rings is 1. The minimum Gasteiger partial charge on any atom is -0.399 e. The molecule has 0 aliphatic carbocycles. The highest BCUT2D eigenvalue weighted by atomic mass is 32.1. The largest absolute Gasteiger partial charge is 0.399 e. The second-order valence-corrected chi connectivity index (χ2v) is 6.22. The van der Waals surface area contributed by atoms with Gasteiger partial charge in [-0.1, -0.05) is 12.1 Å². The van der Waals surface area contributed by atoms with Crippen molar-refractivity contribution in [3.05, 3.63) is 46.7 Å². The molecular formula is C14H12N2S2. The summed E-state index contributed by atoms with van der Waals surface area (Å²) in [5, 5.41) is 3.12. The summed E-state index contributed by atoms with van der Waals surface area (Å²) in [5.74, 6) is 0. The smallest absolute Gasteiger partial charge is 0.124 e. The van der Waals surface area contributed by atoms with Crippen LogP contribution in [-0.4, -0.2) is 4.98 Å². The third-order valence-corrected chi connectivity index (χ3v) is 4.55. The summed E-state index contributed by atoms with van der Waals surface area (Å²) in [5.41, 5.74) is 8.70. The Bertz CT molecular complexity index is 682. The molecule has 18 heavy (non-hydrogen) atoms. The zero-order valence-electron chi connectivity index (χ0n) is 9.88. The van der Waals surface area contributed by atoms with Gasteiger partial charge in [0.05, 0.1) is 10.6 Å². The van der Waals surface area contributed by atoms with Crippen molar-refractivity contribution in [1.29, 1.82) is 0 Å². The SMILES string of the molecule is Cc1ccc(-c2csc(-c3cccc(N)c3)n2)s1. The van der Waals surface area contributed by atoms with Gasteiger partial charge in [0, 0.05) is 21.5 Å². The number of nitrogens with two attached hydrogens (primary N) is 1. The van der Waals surface area contributed by atoms with Gasteiger partial charge < -0.3 is 5.73 Å². The van der Waals surface area contributed by atoms with E-state index >= 15 is 0 Å². The highest BCUT2D eigenvalue weighted by Gasteiger charge is 2.08. The minimum atomic E-state index is 0.774. The lowest BCUT2D eigenvalue weighted by Crippen LogP contribution is -1.84. The predicted molar refractivity (Wildman–Crippen MR) is 80.0 cm³/mol. The van der Waals surface area contributed by atoms with Crippen LogP contribution >= 0.6 is 22.7 Å². The number of hydrogen-bond donors (Lipinski definition) is 1. The van der Waals surface area contributed by atoms with Crippen LogP contribution in [0.15, 0.2) is 41.8 Å². The second-order valence-electron chi connectivity index (χ2n) is 4.07. The van der Waals surface area contributed by atoms with Gasteiger partial charge in [-0.2, -0.15) is 0 Å². The lowest BCUT2D eigenvalue weighted by atomic mass is 10.2. The van der Waals surface area contributed by atoms with Gasteiger partial charge >= 0.3 is 0 Å². The molecule has 4 heteroatoms. The van der Waals surface area contributed by atoms with Gasteiger partial charge in [-0.3, -0.25) is 0 Å². The summed E-state index contributed by atoms with van der Waals surface area (Å²) >= 11 is 3.43. The first-order valence-corrected chi connectivity index (χ1v) is 7.30. The molecule has 0 aliphatic rings. The number of nitrogen functional groups attached to an aromatic ring is 1. The number of aryl methyl sites for hydroxylation is 1. The first-order valence-electron chi connectivity index (χ1n) is 5.60. The molecule has 0 radical (unpaired) electrons. The zero-order chi connectivity index (χ0) is 12.5. The molecule has 2 N–H and O–H groups in total. The summed E-state index contributed by atoms with van der Waals surface area (Å²) in [4.78, 5) is 7.21. The van der Waals surface area contributed by atoms with Gasteiger partial charge in [0.15, 0.2) is 0 Å². The molecule has 2 aromatic heterocycles. The highest BCUT2D eigenvalue weighted by molar-refractivity contribution is 7.16. The van der Waals surface area contributed by atoms with Gasteiger partial charge in [0.25, 0.3) is 0 Å². The van der Waals surface area contributed by atoms with E-state index in [1.807, 2.05) is 24.3 Å². The lowest BCUT2D eigenvalue weighted by Gasteiger charge is -1.97. The van der Waals surface area contributed by atoms with E-state index in [1.165, 1.54) is 9.75 Å². The number of hydrogen-bond acceptors (Lipinski definition) is 4. The molecule has 0 atom stereocenters. The number of nitrogens with zero attached hydrogens (tertiary/aromatic N) is 1. The first-order chi connectivity index (χ1) is 8.72. The third-order valence-electron chi connectivity index (χ3n) is 2.63. The van der Waals surface area contributed by atoms with E-state index in [4.69, 9.17) is 5.73 Å². The average molecular weight is 272 g/mol. The van der Waals surface area contributed by atoms with Gasteiger partial charge in [0.2, 0.25) is 0 Å². The Morgan fingerprint density at radius 2 is 2.06 bits per heavy atom. The van der Waals surface area contributed by atoms with Crippen LogP contribution in [-0.2, 0) is 0 Å². The Kier molecular flexibility index (Phi) is 2.89. The van der Waals surface area contributed by atoms with E-state index in [-0.39, 0.29) is 0 Å². The van der Waals surface area contributed by atoms with E-state index in [0.717, 1.165) is 22.0 Å². The van der Waals surface area contributed by atoms with Crippen molar-refractivity contribution in [2.24, 2.45) is 0 Å². The van der Waals surface area contributed by atoms with Crippen LogP contribution in [0, 0.1) is 6.92 Å². The molecule has 2 nitrogen and oxygen atoms in total. The van der Waals surface area contributed by atoms with Crippen molar-refractivity contribution < 1.29 is 0 Å². The van der Waals surface area contributed by atoms with Crippen molar-refractivity contribution in [2.45, 2.75) is 6.92 Å². The van der Waals surface area contributed by atoms with Crippen molar-refractivity contribution in [1.82, 2.24) is 4.98 Å². The lowest BCUT2D eigenvalue weighted by molar-refractivity contribution is 1.42. The number of anilines is 1. The molecule has 0 amide bonds. The normalized spacial score (nSPS) is 10.7. The quantitative estimate of drug-likeness (QED) is 0.701. The topological polar surface area (TPSA) is 38.9 Å². The molecule has 0 fully saturated rings. The van der Waals surface area contributed by atoms with E-state index in [1.54, 1.807) is 22.7 Å². The highest BCUT2D eigenvalue weighted by Crippen LogP contribution is 2.32. The molecule has 2 heterocycles. The van der Waals surface area contributed by atoms with Crippen molar-refractivity contribution in [2.75, 3.05) is 5.73 Å². The fourth-order valence-electron chi connectivity index (χ4n) is 1.76. The average Bonchev–Trinajstić information content (AvgIpc) is 2.97. The number of thiazole rings is 1. The maximum absolute atomic E-state index is 5.80. The Morgan fingerprint density at radius 1 is 1.17 bits per heavy atom. The van der Waals surface area contributed by atoms with Crippen LogP contribution in [0.4, 0.5) is 5.69 Å². The minimum absolute atomic E-state index is 0.774. The monoisotopic (exact) mass is 272 g/mol. The second kappa shape index (κ2) is 4.55. The molecule has 0 saturated heterocycles. The van der Waals surface area contributed by atoms with E-state index in [0.29, 0.717) is 0 Å². The Morgan fingerprint density at radius 3 is 2.78 bits per heavy atom. The van der Waals surface area contributed by atoms with Crippen molar-refractivity contribution in [3.8, 4) is 21.1 Å². The molecule has 1 aromatic carbocycles. The summed E-state index contributed by atoms with van der Waals surface area (Å²) in [6.45, 7) is 2.11. The third kappa shape index (κ3) is 2.17.